The van der Waals surface area contributed by atoms with E-state index in [-0.39, 0.29) is 0 Å². The lowest BCUT2D eigenvalue weighted by Crippen LogP contribution is -2.49. The summed E-state index contributed by atoms with van der Waals surface area (Å²) in [6.45, 7) is 2.77. The number of nitrogens with zero attached hydrogens (tertiary/aromatic N) is 3. The standard InChI is InChI=1S/C8H15N3O9/c1-7(2,3)8(4-18-9(12)13,5-19-10(14)15)6-20-11(16)17/h4-6H2,1-3H3. The smallest absolute Gasteiger partial charge is 0.294 e. The molecule has 0 aliphatic carbocycles. The van der Waals surface area contributed by atoms with Crippen molar-refractivity contribution >= 4 is 0 Å². The van der Waals surface area contributed by atoms with Crippen LogP contribution in [0.15, 0.2) is 0 Å². The Morgan fingerprint density at radius 1 is 0.750 bits per heavy atom. The molecule has 116 valence electrons. The fourth-order valence-corrected chi connectivity index (χ4v) is 1.30. The van der Waals surface area contributed by atoms with Gasteiger partial charge in [0.25, 0.3) is 15.3 Å². The molecule has 12 heteroatoms. The third kappa shape index (κ3) is 5.49. The van der Waals surface area contributed by atoms with Gasteiger partial charge < -0.3 is 14.5 Å². The van der Waals surface area contributed by atoms with E-state index in [0.717, 1.165) is 0 Å². The number of hydrogen-bond donors (Lipinski definition) is 0. The lowest BCUT2D eigenvalue weighted by molar-refractivity contribution is -0.784. The Labute approximate surface area is 112 Å². The van der Waals surface area contributed by atoms with E-state index in [9.17, 15) is 30.3 Å². The molecular weight excluding hydrogens is 282 g/mol. The zero-order valence-electron chi connectivity index (χ0n) is 11.1. The van der Waals surface area contributed by atoms with Crippen molar-refractivity contribution in [2.45, 2.75) is 20.8 Å². The first-order valence-electron chi connectivity index (χ1n) is 5.32. The van der Waals surface area contributed by atoms with Gasteiger partial charge in [-0.25, -0.2) is 0 Å². The zero-order valence-corrected chi connectivity index (χ0v) is 11.1. The van der Waals surface area contributed by atoms with Crippen molar-refractivity contribution in [3.63, 3.8) is 0 Å². The summed E-state index contributed by atoms with van der Waals surface area (Å²) in [6, 6.07) is 0. The average Bonchev–Trinajstić information content (AvgIpc) is 2.25. The van der Waals surface area contributed by atoms with Crippen LogP contribution >= 0.6 is 0 Å². The third-order valence-electron chi connectivity index (χ3n) is 2.93. The summed E-state index contributed by atoms with van der Waals surface area (Å²) in [5.41, 5.74) is -2.32. The van der Waals surface area contributed by atoms with Crippen molar-refractivity contribution < 1.29 is 29.8 Å². The lowest BCUT2D eigenvalue weighted by atomic mass is 9.68. The SMILES string of the molecule is CC(C)(C)C(CO[N+](=O)[O-])(CO[N+](=O)[O-])CO[N+](=O)[O-]. The molecule has 12 nitrogen and oxygen atoms in total. The van der Waals surface area contributed by atoms with Crippen LogP contribution in [-0.2, 0) is 14.5 Å². The second kappa shape index (κ2) is 6.68. The molecule has 0 fully saturated rings. The van der Waals surface area contributed by atoms with Gasteiger partial charge in [0.1, 0.15) is 19.8 Å². The Morgan fingerprint density at radius 3 is 1.15 bits per heavy atom. The minimum Gasteiger partial charge on any atom is -0.313 e. The first-order valence-corrected chi connectivity index (χ1v) is 5.32. The molecule has 0 heterocycles. The van der Waals surface area contributed by atoms with Crippen molar-refractivity contribution in [1.82, 2.24) is 0 Å². The molecule has 0 aromatic rings. The number of hydrogen-bond acceptors (Lipinski definition) is 9. The van der Waals surface area contributed by atoms with Crippen LogP contribution in [0.25, 0.3) is 0 Å². The third-order valence-corrected chi connectivity index (χ3v) is 2.93. The van der Waals surface area contributed by atoms with Gasteiger partial charge >= 0.3 is 0 Å². The van der Waals surface area contributed by atoms with Crippen LogP contribution in [0.3, 0.4) is 0 Å². The molecular formula is C8H15N3O9. The maximum Gasteiger partial charge on any atom is 0.294 e. The van der Waals surface area contributed by atoms with Gasteiger partial charge in [-0.15, -0.1) is 30.3 Å². The minimum atomic E-state index is -1.46. The van der Waals surface area contributed by atoms with Crippen LogP contribution in [0.5, 0.6) is 0 Å². The zero-order chi connectivity index (χ0) is 16.0. The van der Waals surface area contributed by atoms with Crippen molar-refractivity contribution in [3.8, 4) is 0 Å². The Bertz CT molecular complexity index is 332. The van der Waals surface area contributed by atoms with Crippen molar-refractivity contribution in [2.24, 2.45) is 10.8 Å². The second-order valence-electron chi connectivity index (χ2n) is 5.02. The van der Waals surface area contributed by atoms with Gasteiger partial charge in [0.05, 0.1) is 0 Å². The maximum atomic E-state index is 10.3. The summed E-state index contributed by atoms with van der Waals surface area (Å²) in [5, 5.41) is 27.6. The van der Waals surface area contributed by atoms with Gasteiger partial charge in [0.15, 0.2) is 0 Å². The summed E-state index contributed by atoms with van der Waals surface area (Å²) in [7, 11) is 0. The van der Waals surface area contributed by atoms with Crippen molar-refractivity contribution in [2.75, 3.05) is 19.8 Å². The summed E-state index contributed by atoms with van der Waals surface area (Å²) in [6.07, 6.45) is 0. The average molecular weight is 297 g/mol. The fraction of sp³-hybridized carbons (Fsp3) is 1.00. The molecule has 0 rings (SSSR count). The first kappa shape index (κ1) is 17.6. The number of rotatable bonds is 9. The molecule has 0 saturated heterocycles. The highest BCUT2D eigenvalue weighted by atomic mass is 17.0. The Balaban J connectivity index is 5.21. The first-order chi connectivity index (χ1) is 9.00. The summed E-state index contributed by atoms with van der Waals surface area (Å²) >= 11 is 0. The molecule has 0 amide bonds. The normalized spacial score (nSPS) is 11.6. The molecule has 0 spiro atoms. The van der Waals surface area contributed by atoms with E-state index in [1.165, 1.54) is 0 Å². The van der Waals surface area contributed by atoms with E-state index in [4.69, 9.17) is 0 Å². The van der Waals surface area contributed by atoms with E-state index in [1.54, 1.807) is 20.8 Å². The molecule has 0 aromatic heterocycles. The van der Waals surface area contributed by atoms with Gasteiger partial charge in [0.2, 0.25) is 0 Å². The molecule has 0 aromatic carbocycles. The van der Waals surface area contributed by atoms with Gasteiger partial charge in [-0.3, -0.25) is 0 Å². The molecule has 0 unspecified atom stereocenters. The van der Waals surface area contributed by atoms with Crippen molar-refractivity contribution in [3.05, 3.63) is 30.3 Å². The molecule has 0 radical (unpaired) electrons. The summed E-state index contributed by atoms with van der Waals surface area (Å²) < 4.78 is 0. The van der Waals surface area contributed by atoms with Gasteiger partial charge in [0, 0.05) is 5.41 Å². The van der Waals surface area contributed by atoms with Gasteiger partial charge in [-0.1, -0.05) is 20.8 Å². The predicted molar refractivity (Wildman–Crippen MR) is 60.7 cm³/mol. The highest BCUT2D eigenvalue weighted by Gasteiger charge is 2.45. The Kier molecular flexibility index (Phi) is 5.87. The summed E-state index contributed by atoms with van der Waals surface area (Å²) in [5.74, 6) is 0. The quantitative estimate of drug-likeness (QED) is 0.439. The fourth-order valence-electron chi connectivity index (χ4n) is 1.30. The van der Waals surface area contributed by atoms with Crippen LogP contribution < -0.4 is 0 Å². The van der Waals surface area contributed by atoms with E-state index in [2.05, 4.69) is 14.5 Å². The Morgan fingerprint density at radius 2 is 1.00 bits per heavy atom. The van der Waals surface area contributed by atoms with Gasteiger partial charge in [-0.2, -0.15) is 0 Å². The van der Waals surface area contributed by atoms with E-state index >= 15 is 0 Å². The maximum absolute atomic E-state index is 10.3. The van der Waals surface area contributed by atoms with E-state index in [1.807, 2.05) is 0 Å². The van der Waals surface area contributed by atoms with Crippen LogP contribution in [0, 0.1) is 41.2 Å². The molecule has 0 atom stereocenters. The monoisotopic (exact) mass is 297 g/mol. The molecule has 20 heavy (non-hydrogen) atoms. The molecule has 0 saturated carbocycles. The van der Waals surface area contributed by atoms with Gasteiger partial charge in [-0.05, 0) is 5.41 Å². The minimum absolute atomic E-state index is 0.648. The highest BCUT2D eigenvalue weighted by Crippen LogP contribution is 2.40. The molecule has 0 aliphatic heterocycles. The van der Waals surface area contributed by atoms with E-state index < -0.39 is 45.9 Å². The molecule has 0 N–H and O–H groups in total. The predicted octanol–water partition coefficient (Wildman–Crippen LogP) is 0.644. The largest absolute Gasteiger partial charge is 0.313 e. The van der Waals surface area contributed by atoms with E-state index in [0.29, 0.717) is 0 Å². The second-order valence-corrected chi connectivity index (χ2v) is 5.02. The van der Waals surface area contributed by atoms with Crippen LogP contribution in [0.2, 0.25) is 0 Å². The molecule has 0 aliphatic rings. The lowest BCUT2D eigenvalue weighted by Gasteiger charge is -2.42. The molecule has 0 bridgehead atoms. The topological polar surface area (TPSA) is 157 Å². The highest BCUT2D eigenvalue weighted by molar-refractivity contribution is 4.89. The van der Waals surface area contributed by atoms with Crippen LogP contribution in [0.4, 0.5) is 0 Å². The Hall–Kier alpha value is -2.40. The summed E-state index contributed by atoms with van der Waals surface area (Å²) in [4.78, 5) is 43.5. The van der Waals surface area contributed by atoms with Crippen LogP contribution in [-0.4, -0.2) is 35.1 Å². The van der Waals surface area contributed by atoms with Crippen LogP contribution in [0.1, 0.15) is 20.8 Å². The van der Waals surface area contributed by atoms with Crippen molar-refractivity contribution in [1.29, 1.82) is 0 Å².